The molecule has 192 valence electrons. The van der Waals surface area contributed by atoms with Crippen LogP contribution < -0.4 is 10.4 Å². The molecule has 1 N–H and O–H groups in total. The molecule has 0 atom stereocenters. The zero-order valence-electron chi connectivity index (χ0n) is 21.3. The van der Waals surface area contributed by atoms with Gasteiger partial charge >= 0.3 is 0 Å². The number of carbonyl (C=O) groups is 1. The molecule has 0 spiro atoms. The number of fused-ring (bicyclic) bond motifs is 1. The molecule has 2 saturated heterocycles. The Morgan fingerprint density at radius 3 is 2.54 bits per heavy atom. The van der Waals surface area contributed by atoms with Crippen molar-refractivity contribution in [2.75, 3.05) is 31.2 Å². The first-order valence-corrected chi connectivity index (χ1v) is 13.3. The molecule has 3 aliphatic rings. The van der Waals surface area contributed by atoms with E-state index in [9.17, 15) is 10.1 Å². The smallest absolute Gasteiger partial charge is 0.269 e. The molecular formula is C27H33N9O. The van der Waals surface area contributed by atoms with Crippen molar-refractivity contribution >= 4 is 22.9 Å². The van der Waals surface area contributed by atoms with Crippen molar-refractivity contribution in [2.24, 2.45) is 7.05 Å². The molecule has 0 radical (unpaired) electrons. The van der Waals surface area contributed by atoms with E-state index in [1.54, 1.807) is 10.9 Å². The monoisotopic (exact) mass is 499 g/mol. The van der Waals surface area contributed by atoms with E-state index >= 15 is 0 Å². The lowest BCUT2D eigenvalue weighted by molar-refractivity contribution is 0.0423. The van der Waals surface area contributed by atoms with E-state index in [4.69, 9.17) is 0 Å². The summed E-state index contributed by atoms with van der Waals surface area (Å²) in [5.41, 5.74) is 6.05. The number of likely N-dealkylation sites (tertiary alicyclic amines) is 2. The van der Waals surface area contributed by atoms with E-state index in [2.05, 4.69) is 30.2 Å². The minimum atomic E-state index is -0.197. The second-order valence-electron chi connectivity index (χ2n) is 10.5. The number of rotatable bonds is 7. The van der Waals surface area contributed by atoms with Crippen LogP contribution in [0.1, 0.15) is 60.3 Å². The maximum atomic E-state index is 13.4. The molecule has 1 saturated carbocycles. The van der Waals surface area contributed by atoms with Gasteiger partial charge in [0.25, 0.3) is 5.91 Å². The number of amides is 1. The first-order valence-electron chi connectivity index (χ1n) is 13.3. The molecule has 0 bridgehead atoms. The van der Waals surface area contributed by atoms with Gasteiger partial charge < -0.3 is 4.57 Å². The number of carbonyl (C=O) groups excluding carboxylic acids is 1. The van der Waals surface area contributed by atoms with Gasteiger partial charge in [-0.1, -0.05) is 25.0 Å². The SMILES string of the molecule is Cn1cnc2c(N(NC(=O)c3ccc(CN4CC(N5CCCC5)C4)cc3)C3CCCC3)nc(C#N)nc21. The van der Waals surface area contributed by atoms with E-state index in [1.165, 1.54) is 31.5 Å². The van der Waals surface area contributed by atoms with Gasteiger partial charge in [-0.2, -0.15) is 15.2 Å². The Morgan fingerprint density at radius 1 is 1.11 bits per heavy atom. The fraction of sp³-hybridized carbons (Fsp3) is 0.519. The minimum absolute atomic E-state index is 0.0608. The molecule has 3 fully saturated rings. The second kappa shape index (κ2) is 10.1. The molecule has 1 amide bonds. The summed E-state index contributed by atoms with van der Waals surface area (Å²) in [5, 5.41) is 11.3. The Bertz CT molecular complexity index is 1310. The van der Waals surface area contributed by atoms with Crippen molar-refractivity contribution in [3.05, 3.63) is 47.5 Å². The number of nitrogens with zero attached hydrogens (tertiary/aromatic N) is 8. The van der Waals surface area contributed by atoms with Gasteiger partial charge in [0.15, 0.2) is 17.0 Å². The zero-order chi connectivity index (χ0) is 25.4. The van der Waals surface area contributed by atoms with Gasteiger partial charge in [-0.25, -0.2) is 4.98 Å². The van der Waals surface area contributed by atoms with Crippen LogP contribution in [0.3, 0.4) is 0 Å². The second-order valence-corrected chi connectivity index (χ2v) is 10.5. The number of hydrazine groups is 1. The molecule has 2 aliphatic heterocycles. The van der Waals surface area contributed by atoms with Crippen molar-refractivity contribution in [1.82, 2.24) is 34.7 Å². The summed E-state index contributed by atoms with van der Waals surface area (Å²) in [4.78, 5) is 31.7. The highest BCUT2D eigenvalue weighted by molar-refractivity contribution is 5.96. The van der Waals surface area contributed by atoms with Crippen LogP contribution in [0.15, 0.2) is 30.6 Å². The van der Waals surface area contributed by atoms with E-state index in [1.807, 2.05) is 42.4 Å². The lowest BCUT2D eigenvalue weighted by Gasteiger charge is -2.44. The number of nitrogens with one attached hydrogen (secondary N) is 1. The Labute approximate surface area is 216 Å². The third-order valence-electron chi connectivity index (χ3n) is 8.00. The molecular weight excluding hydrogens is 466 g/mol. The summed E-state index contributed by atoms with van der Waals surface area (Å²) < 4.78 is 1.76. The topological polar surface area (TPSA) is 106 Å². The summed E-state index contributed by atoms with van der Waals surface area (Å²) in [7, 11) is 1.83. The van der Waals surface area contributed by atoms with Crippen LogP contribution in [0.4, 0.5) is 5.82 Å². The van der Waals surface area contributed by atoms with Gasteiger partial charge in [-0.05, 0) is 56.5 Å². The highest BCUT2D eigenvalue weighted by atomic mass is 16.2. The molecule has 4 heterocycles. The lowest BCUT2D eigenvalue weighted by Crippen LogP contribution is -2.58. The summed E-state index contributed by atoms with van der Waals surface area (Å²) in [6.45, 7) is 5.67. The molecule has 6 rings (SSSR count). The van der Waals surface area contributed by atoms with Gasteiger partial charge in [0.05, 0.1) is 12.4 Å². The first kappa shape index (κ1) is 23.8. The third-order valence-corrected chi connectivity index (χ3v) is 8.00. The number of imidazole rings is 1. The molecule has 10 nitrogen and oxygen atoms in total. The molecule has 0 unspecified atom stereocenters. The van der Waals surface area contributed by atoms with Crippen molar-refractivity contribution in [1.29, 1.82) is 5.26 Å². The van der Waals surface area contributed by atoms with Gasteiger partial charge in [0.2, 0.25) is 5.82 Å². The molecule has 1 aromatic carbocycles. The summed E-state index contributed by atoms with van der Waals surface area (Å²) in [6, 6.07) is 10.7. The highest BCUT2D eigenvalue weighted by Crippen LogP contribution is 2.30. The van der Waals surface area contributed by atoms with Crippen LogP contribution in [-0.4, -0.2) is 73.5 Å². The Hall–Kier alpha value is -3.55. The first-order chi connectivity index (χ1) is 18.1. The number of benzene rings is 1. The van der Waals surface area contributed by atoms with Gasteiger partial charge in [-0.3, -0.25) is 25.0 Å². The number of anilines is 1. The maximum absolute atomic E-state index is 13.4. The lowest BCUT2D eigenvalue weighted by atomic mass is 10.0. The number of aryl methyl sites for hydroxylation is 1. The van der Waals surface area contributed by atoms with Crippen LogP contribution in [0, 0.1) is 11.3 Å². The summed E-state index contributed by atoms with van der Waals surface area (Å²) in [6.07, 6.45) is 8.37. The van der Waals surface area contributed by atoms with Crippen molar-refractivity contribution in [3.8, 4) is 6.07 Å². The average molecular weight is 500 g/mol. The highest BCUT2D eigenvalue weighted by Gasteiger charge is 2.33. The van der Waals surface area contributed by atoms with Gasteiger partial charge in [0.1, 0.15) is 6.07 Å². The Kier molecular flexibility index (Phi) is 6.49. The summed E-state index contributed by atoms with van der Waals surface area (Å²) >= 11 is 0. The van der Waals surface area contributed by atoms with Crippen LogP contribution in [0.2, 0.25) is 0 Å². The van der Waals surface area contributed by atoms with Gasteiger partial charge in [-0.15, -0.1) is 0 Å². The number of hydrogen-bond acceptors (Lipinski definition) is 8. The van der Waals surface area contributed by atoms with Crippen LogP contribution in [-0.2, 0) is 13.6 Å². The average Bonchev–Trinajstić information content (AvgIpc) is 3.68. The molecule has 3 aromatic rings. The van der Waals surface area contributed by atoms with Crippen LogP contribution in [0.25, 0.3) is 11.2 Å². The quantitative estimate of drug-likeness (QED) is 0.495. The van der Waals surface area contributed by atoms with Crippen LogP contribution in [0.5, 0.6) is 0 Å². The fourth-order valence-electron chi connectivity index (χ4n) is 5.89. The molecule has 10 heteroatoms. The predicted octanol–water partition coefficient (Wildman–Crippen LogP) is 2.61. The molecule has 1 aliphatic carbocycles. The minimum Gasteiger partial charge on any atom is -0.318 e. The van der Waals surface area contributed by atoms with E-state index in [0.29, 0.717) is 28.6 Å². The van der Waals surface area contributed by atoms with Gasteiger partial charge in [0, 0.05) is 38.3 Å². The van der Waals surface area contributed by atoms with E-state index in [0.717, 1.165) is 45.3 Å². The largest absolute Gasteiger partial charge is 0.318 e. The number of hydrogen-bond donors (Lipinski definition) is 1. The van der Waals surface area contributed by atoms with Crippen molar-refractivity contribution in [3.63, 3.8) is 0 Å². The normalized spacial score (nSPS) is 19.2. The molecule has 37 heavy (non-hydrogen) atoms. The number of aromatic nitrogens is 4. The predicted molar refractivity (Wildman–Crippen MR) is 140 cm³/mol. The third kappa shape index (κ3) is 4.77. The van der Waals surface area contributed by atoms with Crippen molar-refractivity contribution in [2.45, 2.75) is 57.2 Å². The Balaban J connectivity index is 1.17. The van der Waals surface area contributed by atoms with Crippen molar-refractivity contribution < 1.29 is 4.79 Å². The molecule has 2 aromatic heterocycles. The summed E-state index contributed by atoms with van der Waals surface area (Å²) in [5.74, 6) is 0.340. The Morgan fingerprint density at radius 2 is 1.84 bits per heavy atom. The number of nitriles is 1. The zero-order valence-corrected chi connectivity index (χ0v) is 21.3. The van der Waals surface area contributed by atoms with E-state index < -0.39 is 0 Å². The van der Waals surface area contributed by atoms with E-state index in [-0.39, 0.29) is 17.8 Å². The standard InChI is InChI=1S/C27H33N9O/c1-33-18-29-24-25(33)30-23(14-28)31-26(24)36(21-6-2-3-7-21)32-27(37)20-10-8-19(9-11-20)15-34-16-22(17-34)35-12-4-5-13-35/h8-11,18,21-22H,2-7,12-13,15-17H2,1H3,(H,32,37). The fourth-order valence-corrected chi connectivity index (χ4v) is 5.89. The van der Waals surface area contributed by atoms with Crippen LogP contribution >= 0.6 is 0 Å². The maximum Gasteiger partial charge on any atom is 0.269 e.